The molecule has 2 aromatic carbocycles. The van der Waals surface area contributed by atoms with E-state index < -0.39 is 15.9 Å². The van der Waals surface area contributed by atoms with Crippen molar-refractivity contribution in [2.24, 2.45) is 0 Å². The van der Waals surface area contributed by atoms with Gasteiger partial charge in [-0.3, -0.25) is 4.79 Å². The molecule has 0 atom stereocenters. The molecule has 0 aliphatic carbocycles. The van der Waals surface area contributed by atoms with Crippen molar-refractivity contribution in [3.63, 3.8) is 0 Å². The van der Waals surface area contributed by atoms with Crippen LogP contribution >= 0.6 is 23.1 Å². The van der Waals surface area contributed by atoms with Crippen molar-refractivity contribution in [2.45, 2.75) is 4.90 Å². The summed E-state index contributed by atoms with van der Waals surface area (Å²) in [7, 11) is -3.65. The van der Waals surface area contributed by atoms with Crippen molar-refractivity contribution in [3.8, 4) is 5.75 Å². The van der Waals surface area contributed by atoms with Crippen LogP contribution in [-0.2, 0) is 10.0 Å². The molecule has 0 radical (unpaired) electrons. The van der Waals surface area contributed by atoms with Gasteiger partial charge in [-0.1, -0.05) is 36.4 Å². The van der Waals surface area contributed by atoms with Gasteiger partial charge in [-0.05, 0) is 22.9 Å². The maximum Gasteiger partial charge on any atom is 0.262 e. The number of thiophene rings is 1. The van der Waals surface area contributed by atoms with Gasteiger partial charge in [-0.15, -0.1) is 11.3 Å². The number of hydrogen-bond acceptors (Lipinski definition) is 6. The maximum atomic E-state index is 12.9. The smallest absolute Gasteiger partial charge is 0.262 e. The molecule has 2 heterocycles. The number of thioether (sulfide) groups is 1. The van der Waals surface area contributed by atoms with Crippen LogP contribution in [0.1, 0.15) is 9.67 Å². The molecule has 1 N–H and O–H groups in total. The predicted molar refractivity (Wildman–Crippen MR) is 122 cm³/mol. The molecular weight excluding hydrogens is 440 g/mol. The zero-order valence-electron chi connectivity index (χ0n) is 16.2. The number of sulfonamides is 1. The van der Waals surface area contributed by atoms with E-state index in [1.54, 1.807) is 17.1 Å². The maximum absolute atomic E-state index is 12.9. The van der Waals surface area contributed by atoms with Gasteiger partial charge >= 0.3 is 0 Å². The largest absolute Gasteiger partial charge is 0.491 e. The molecule has 6 nitrogen and oxygen atoms in total. The Balaban J connectivity index is 1.38. The third-order valence-corrected chi connectivity index (χ3v) is 8.74. The highest BCUT2D eigenvalue weighted by atomic mass is 32.2. The van der Waals surface area contributed by atoms with Crippen molar-refractivity contribution < 1.29 is 17.9 Å². The highest BCUT2D eigenvalue weighted by Gasteiger charge is 2.31. The number of hydrogen-bond donors (Lipinski definition) is 1. The molecule has 9 heteroatoms. The van der Waals surface area contributed by atoms with Crippen LogP contribution in [0.3, 0.4) is 0 Å². The summed E-state index contributed by atoms with van der Waals surface area (Å²) < 4.78 is 33.2. The molecule has 0 spiro atoms. The molecule has 1 aliphatic heterocycles. The normalized spacial score (nSPS) is 15.2. The van der Waals surface area contributed by atoms with Gasteiger partial charge in [0.15, 0.2) is 0 Å². The summed E-state index contributed by atoms with van der Waals surface area (Å²) in [5, 5.41) is 6.52. The minimum atomic E-state index is -3.65. The predicted octanol–water partition coefficient (Wildman–Crippen LogP) is 3.45. The number of benzene rings is 2. The van der Waals surface area contributed by atoms with E-state index >= 15 is 0 Å². The van der Waals surface area contributed by atoms with Crippen LogP contribution < -0.4 is 10.1 Å². The van der Waals surface area contributed by atoms with Crippen LogP contribution in [0.15, 0.2) is 58.8 Å². The average molecular weight is 463 g/mol. The first-order chi connectivity index (χ1) is 14.6. The lowest BCUT2D eigenvalue weighted by Crippen LogP contribution is -2.38. The van der Waals surface area contributed by atoms with Crippen LogP contribution in [0.4, 0.5) is 0 Å². The van der Waals surface area contributed by atoms with Crippen LogP contribution in [0.2, 0.25) is 0 Å². The Bertz CT molecular complexity index is 1130. The molecule has 1 amide bonds. The van der Waals surface area contributed by atoms with Gasteiger partial charge in [0.25, 0.3) is 5.91 Å². The van der Waals surface area contributed by atoms with E-state index in [-0.39, 0.29) is 22.9 Å². The van der Waals surface area contributed by atoms with E-state index in [0.717, 1.165) is 39.4 Å². The van der Waals surface area contributed by atoms with Crippen molar-refractivity contribution >= 4 is 49.8 Å². The number of carbonyl (C=O) groups is 1. The Hall–Kier alpha value is -2.07. The number of fused-ring (bicyclic) bond motifs is 1. The fourth-order valence-corrected chi connectivity index (χ4v) is 7.21. The summed E-state index contributed by atoms with van der Waals surface area (Å²) in [6, 6.07) is 15.3. The zero-order chi connectivity index (χ0) is 21.0. The van der Waals surface area contributed by atoms with Gasteiger partial charge in [-0.25, -0.2) is 8.42 Å². The quantitative estimate of drug-likeness (QED) is 0.545. The van der Waals surface area contributed by atoms with Crippen LogP contribution in [0.25, 0.3) is 10.8 Å². The monoisotopic (exact) mass is 462 g/mol. The topological polar surface area (TPSA) is 75.7 Å². The van der Waals surface area contributed by atoms with Crippen molar-refractivity contribution in [1.82, 2.24) is 9.62 Å². The van der Waals surface area contributed by atoms with E-state index in [1.807, 2.05) is 42.5 Å². The van der Waals surface area contributed by atoms with Crippen LogP contribution in [0.5, 0.6) is 5.75 Å². The van der Waals surface area contributed by atoms with E-state index in [9.17, 15) is 13.2 Å². The Morgan fingerprint density at radius 3 is 2.67 bits per heavy atom. The summed E-state index contributed by atoms with van der Waals surface area (Å²) in [4.78, 5) is 12.9. The highest BCUT2D eigenvalue weighted by molar-refractivity contribution is 7.99. The third-order valence-electron chi connectivity index (χ3n) is 4.82. The standard InChI is InChI=1S/C21H22N2O4S3/c24-21(20-19(8-13-29-20)30(25,26)23-10-14-28-15-11-23)22-9-12-27-18-7-3-5-16-4-1-2-6-17(16)18/h1-8,13H,9-12,14-15H2,(H,22,24). The minimum absolute atomic E-state index is 0.0897. The SMILES string of the molecule is O=C(NCCOc1cccc2ccccc12)c1sccc1S(=O)(=O)N1CCSCC1. The van der Waals surface area contributed by atoms with Gasteiger partial charge < -0.3 is 10.1 Å². The summed E-state index contributed by atoms with van der Waals surface area (Å²) in [5.41, 5.74) is 0. The summed E-state index contributed by atoms with van der Waals surface area (Å²) >= 11 is 2.88. The van der Waals surface area contributed by atoms with Crippen molar-refractivity contribution in [3.05, 3.63) is 58.8 Å². The van der Waals surface area contributed by atoms with Gasteiger partial charge in [0.05, 0.1) is 6.54 Å². The Kier molecular flexibility index (Phi) is 6.62. The molecule has 1 aromatic heterocycles. The lowest BCUT2D eigenvalue weighted by Gasteiger charge is -2.25. The van der Waals surface area contributed by atoms with E-state index in [0.29, 0.717) is 13.1 Å². The van der Waals surface area contributed by atoms with Crippen molar-refractivity contribution in [2.75, 3.05) is 37.7 Å². The summed E-state index contributed by atoms with van der Waals surface area (Å²) in [5.74, 6) is 1.91. The molecular formula is C21H22N2O4S3. The van der Waals surface area contributed by atoms with E-state index in [2.05, 4.69) is 5.32 Å². The number of ether oxygens (including phenoxy) is 1. The van der Waals surface area contributed by atoms with Gasteiger partial charge in [0, 0.05) is 30.0 Å². The Morgan fingerprint density at radius 1 is 1.07 bits per heavy atom. The highest BCUT2D eigenvalue weighted by Crippen LogP contribution is 2.27. The average Bonchev–Trinajstić information content (AvgIpc) is 3.28. The number of carbonyl (C=O) groups excluding carboxylic acids is 1. The first-order valence-corrected chi connectivity index (χ1v) is 13.1. The second-order valence-electron chi connectivity index (χ2n) is 6.71. The molecule has 1 saturated heterocycles. The summed E-state index contributed by atoms with van der Waals surface area (Å²) in [6.45, 7) is 1.52. The van der Waals surface area contributed by atoms with Gasteiger partial charge in [0.2, 0.25) is 10.0 Å². The fourth-order valence-electron chi connectivity index (χ4n) is 3.32. The molecule has 1 aliphatic rings. The third kappa shape index (κ3) is 4.49. The number of nitrogens with zero attached hydrogens (tertiary/aromatic N) is 1. The Morgan fingerprint density at radius 2 is 1.83 bits per heavy atom. The van der Waals surface area contributed by atoms with Gasteiger partial charge in [0.1, 0.15) is 22.1 Å². The molecule has 3 aromatic rings. The van der Waals surface area contributed by atoms with Gasteiger partial charge in [-0.2, -0.15) is 16.1 Å². The van der Waals surface area contributed by atoms with Crippen molar-refractivity contribution in [1.29, 1.82) is 0 Å². The molecule has 30 heavy (non-hydrogen) atoms. The first-order valence-electron chi connectivity index (χ1n) is 9.61. The molecule has 0 unspecified atom stereocenters. The minimum Gasteiger partial charge on any atom is -0.491 e. The number of rotatable bonds is 7. The Labute approximate surface area is 184 Å². The second kappa shape index (κ2) is 9.38. The molecule has 0 saturated carbocycles. The lowest BCUT2D eigenvalue weighted by molar-refractivity contribution is 0.0948. The fraction of sp³-hybridized carbons (Fsp3) is 0.286. The van der Waals surface area contributed by atoms with E-state index in [1.165, 1.54) is 10.4 Å². The summed E-state index contributed by atoms with van der Waals surface area (Å²) in [6.07, 6.45) is 0. The molecule has 158 valence electrons. The molecule has 4 rings (SSSR count). The lowest BCUT2D eigenvalue weighted by atomic mass is 10.1. The number of amides is 1. The first kappa shape index (κ1) is 21.2. The zero-order valence-corrected chi connectivity index (χ0v) is 18.7. The second-order valence-corrected chi connectivity index (χ2v) is 10.8. The number of nitrogens with one attached hydrogen (secondary N) is 1. The molecule has 1 fully saturated rings. The van der Waals surface area contributed by atoms with Crippen LogP contribution in [-0.4, -0.2) is 56.4 Å². The van der Waals surface area contributed by atoms with E-state index in [4.69, 9.17) is 4.74 Å². The molecule has 0 bridgehead atoms. The van der Waals surface area contributed by atoms with Crippen LogP contribution in [0, 0.1) is 0 Å².